The highest BCUT2D eigenvalue weighted by molar-refractivity contribution is 7.92. The first-order valence-corrected chi connectivity index (χ1v) is 12.1. The Bertz CT molecular complexity index is 1260. The molecule has 1 aliphatic carbocycles. The van der Waals surface area contributed by atoms with Crippen molar-refractivity contribution < 1.29 is 22.5 Å². The monoisotopic (exact) mass is 470 g/mol. The molecule has 0 atom stereocenters. The van der Waals surface area contributed by atoms with Crippen molar-refractivity contribution in [2.45, 2.75) is 50.0 Å². The second-order valence-corrected chi connectivity index (χ2v) is 9.87. The van der Waals surface area contributed by atoms with Crippen LogP contribution in [0, 0.1) is 13.8 Å². The van der Waals surface area contributed by atoms with Gasteiger partial charge in [0, 0.05) is 18.2 Å². The number of hydrogen-bond acceptors (Lipinski definition) is 7. The molecule has 2 aromatic carbocycles. The Morgan fingerprint density at radius 1 is 1.09 bits per heavy atom. The Labute approximate surface area is 192 Å². The molecule has 174 valence electrons. The smallest absolute Gasteiger partial charge is 0.261 e. The molecule has 0 radical (unpaired) electrons. The van der Waals surface area contributed by atoms with Crippen molar-refractivity contribution in [2.75, 3.05) is 11.8 Å². The van der Waals surface area contributed by atoms with Crippen LogP contribution in [0.5, 0.6) is 5.75 Å². The third-order valence-electron chi connectivity index (χ3n) is 5.87. The zero-order valence-electron chi connectivity index (χ0n) is 18.7. The molecule has 1 heterocycles. The van der Waals surface area contributed by atoms with Crippen molar-refractivity contribution in [2.24, 2.45) is 0 Å². The van der Waals surface area contributed by atoms with E-state index in [-0.39, 0.29) is 16.4 Å². The number of rotatable bonds is 7. The van der Waals surface area contributed by atoms with Crippen LogP contribution in [0.4, 0.5) is 5.69 Å². The highest BCUT2D eigenvalue weighted by Crippen LogP contribution is 2.37. The van der Waals surface area contributed by atoms with Crippen molar-refractivity contribution in [1.82, 2.24) is 15.5 Å². The molecule has 0 unspecified atom stereocenters. The number of aromatic nitrogens is 2. The van der Waals surface area contributed by atoms with E-state index in [2.05, 4.69) is 20.2 Å². The average molecular weight is 471 g/mol. The van der Waals surface area contributed by atoms with Gasteiger partial charge in [-0.1, -0.05) is 24.1 Å². The average Bonchev–Trinajstić information content (AvgIpc) is 3.44. The van der Waals surface area contributed by atoms with Crippen LogP contribution >= 0.6 is 0 Å². The zero-order chi connectivity index (χ0) is 23.6. The maximum absolute atomic E-state index is 13.3. The Morgan fingerprint density at radius 2 is 1.79 bits per heavy atom. The summed E-state index contributed by atoms with van der Waals surface area (Å²) in [6.45, 7) is 3.47. The number of carbonyl (C=O) groups is 1. The van der Waals surface area contributed by atoms with Crippen molar-refractivity contribution in [1.29, 1.82) is 0 Å². The normalized spacial score (nSPS) is 15.2. The predicted molar refractivity (Wildman–Crippen MR) is 122 cm³/mol. The summed E-state index contributed by atoms with van der Waals surface area (Å²) in [7, 11) is -2.37. The SMILES string of the molecule is COc1ccc(NS(=O)(=O)c2ccc(C)c(C(=O)NC3(c4noc(C)n4)CCCC3)c2)cc1. The van der Waals surface area contributed by atoms with Crippen molar-refractivity contribution in [3.63, 3.8) is 0 Å². The lowest BCUT2D eigenvalue weighted by molar-refractivity contribution is 0.0891. The first kappa shape index (κ1) is 22.8. The number of anilines is 1. The maximum atomic E-state index is 13.3. The number of ether oxygens (including phenoxy) is 1. The molecule has 1 saturated carbocycles. The molecule has 9 nitrogen and oxygen atoms in total. The van der Waals surface area contributed by atoms with Gasteiger partial charge in [-0.3, -0.25) is 9.52 Å². The van der Waals surface area contributed by atoms with E-state index in [1.807, 2.05) is 0 Å². The number of nitrogens with one attached hydrogen (secondary N) is 2. The highest BCUT2D eigenvalue weighted by Gasteiger charge is 2.41. The number of benzene rings is 2. The van der Waals surface area contributed by atoms with Gasteiger partial charge < -0.3 is 14.6 Å². The molecule has 10 heteroatoms. The van der Waals surface area contributed by atoms with Gasteiger partial charge in [-0.05, 0) is 61.7 Å². The summed E-state index contributed by atoms with van der Waals surface area (Å²) < 4.78 is 38.7. The van der Waals surface area contributed by atoms with Crippen LogP contribution in [0.3, 0.4) is 0 Å². The quantitative estimate of drug-likeness (QED) is 0.540. The molecule has 0 spiro atoms. The lowest BCUT2D eigenvalue weighted by atomic mass is 9.95. The second-order valence-electron chi connectivity index (χ2n) is 8.19. The van der Waals surface area contributed by atoms with Crippen LogP contribution in [0.25, 0.3) is 0 Å². The van der Waals surface area contributed by atoms with Gasteiger partial charge in [0.2, 0.25) is 5.89 Å². The number of methoxy groups -OCH3 is 1. The number of nitrogens with zero attached hydrogens (tertiary/aromatic N) is 2. The van der Waals surface area contributed by atoms with E-state index in [0.717, 1.165) is 12.8 Å². The van der Waals surface area contributed by atoms with Gasteiger partial charge in [0.1, 0.15) is 11.3 Å². The maximum Gasteiger partial charge on any atom is 0.261 e. The summed E-state index contributed by atoms with van der Waals surface area (Å²) in [5.74, 6) is 1.12. The largest absolute Gasteiger partial charge is 0.497 e. The molecular formula is C23H26N4O5S. The Hall–Kier alpha value is -3.40. The number of amides is 1. The fourth-order valence-corrected chi connectivity index (χ4v) is 5.13. The lowest BCUT2D eigenvalue weighted by Crippen LogP contribution is -2.45. The Balaban J connectivity index is 1.60. The highest BCUT2D eigenvalue weighted by atomic mass is 32.2. The minimum Gasteiger partial charge on any atom is -0.497 e. The number of carbonyl (C=O) groups excluding carboxylic acids is 1. The molecule has 0 bridgehead atoms. The summed E-state index contributed by atoms with van der Waals surface area (Å²) in [6, 6.07) is 11.0. The Kier molecular flexibility index (Phi) is 6.11. The molecule has 0 saturated heterocycles. The standard InChI is InChI=1S/C23H26N4O5S/c1-15-6-11-19(33(29,30)27-17-7-9-18(31-3)10-8-17)14-20(15)21(28)25-23(12-4-5-13-23)22-24-16(2)32-26-22/h6-11,14,27H,4-5,12-13H2,1-3H3,(H,25,28). The number of sulfonamides is 1. The summed E-state index contributed by atoms with van der Waals surface area (Å²) in [4.78, 5) is 17.6. The first-order valence-electron chi connectivity index (χ1n) is 10.6. The minimum absolute atomic E-state index is 0.00931. The van der Waals surface area contributed by atoms with Crippen molar-refractivity contribution in [3.8, 4) is 5.75 Å². The van der Waals surface area contributed by atoms with Gasteiger partial charge in [-0.15, -0.1) is 0 Å². The van der Waals surface area contributed by atoms with Crippen LogP contribution in [0.15, 0.2) is 51.9 Å². The van der Waals surface area contributed by atoms with Gasteiger partial charge in [-0.2, -0.15) is 4.98 Å². The van der Waals surface area contributed by atoms with Gasteiger partial charge >= 0.3 is 0 Å². The molecular weight excluding hydrogens is 444 g/mol. The third kappa shape index (κ3) is 4.70. The molecule has 1 aromatic heterocycles. The summed E-state index contributed by atoms with van der Waals surface area (Å²) in [5, 5.41) is 7.11. The summed E-state index contributed by atoms with van der Waals surface area (Å²) >= 11 is 0. The fourth-order valence-electron chi connectivity index (χ4n) is 4.05. The molecule has 4 rings (SSSR count). The van der Waals surface area contributed by atoms with Gasteiger partial charge in [-0.25, -0.2) is 8.42 Å². The predicted octanol–water partition coefficient (Wildman–Crippen LogP) is 3.70. The lowest BCUT2D eigenvalue weighted by Gasteiger charge is -2.27. The molecule has 1 fully saturated rings. The van der Waals surface area contributed by atoms with E-state index in [1.165, 1.54) is 19.2 Å². The Morgan fingerprint density at radius 3 is 2.39 bits per heavy atom. The minimum atomic E-state index is -3.91. The van der Waals surface area contributed by atoms with E-state index in [0.29, 0.717) is 41.6 Å². The van der Waals surface area contributed by atoms with Crippen LogP contribution in [-0.2, 0) is 15.6 Å². The molecule has 0 aliphatic heterocycles. The van der Waals surface area contributed by atoms with Crippen molar-refractivity contribution in [3.05, 3.63) is 65.3 Å². The van der Waals surface area contributed by atoms with Crippen LogP contribution < -0.4 is 14.8 Å². The number of aryl methyl sites for hydroxylation is 2. The van der Waals surface area contributed by atoms with E-state index >= 15 is 0 Å². The van der Waals surface area contributed by atoms with Crippen LogP contribution in [0.1, 0.15) is 53.3 Å². The van der Waals surface area contributed by atoms with Gasteiger partial charge in [0.15, 0.2) is 5.82 Å². The van der Waals surface area contributed by atoms with Crippen molar-refractivity contribution >= 4 is 21.6 Å². The summed E-state index contributed by atoms with van der Waals surface area (Å²) in [6.07, 6.45) is 3.22. The van der Waals surface area contributed by atoms with Crippen LogP contribution in [0.2, 0.25) is 0 Å². The molecule has 1 amide bonds. The fraction of sp³-hybridized carbons (Fsp3) is 0.348. The zero-order valence-corrected chi connectivity index (χ0v) is 19.5. The topological polar surface area (TPSA) is 123 Å². The molecule has 1 aliphatic rings. The van der Waals surface area contributed by atoms with Gasteiger partial charge in [0.05, 0.1) is 12.0 Å². The van der Waals surface area contributed by atoms with Crippen LogP contribution in [-0.4, -0.2) is 31.6 Å². The number of hydrogen-bond donors (Lipinski definition) is 2. The molecule has 3 aromatic rings. The van der Waals surface area contributed by atoms with E-state index in [4.69, 9.17) is 9.26 Å². The van der Waals surface area contributed by atoms with Gasteiger partial charge in [0.25, 0.3) is 15.9 Å². The first-order chi connectivity index (χ1) is 15.7. The second kappa shape index (κ2) is 8.86. The summed E-state index contributed by atoms with van der Waals surface area (Å²) in [5.41, 5.74) is 0.601. The van der Waals surface area contributed by atoms with E-state index in [1.54, 1.807) is 44.2 Å². The third-order valence-corrected chi connectivity index (χ3v) is 7.25. The molecule has 33 heavy (non-hydrogen) atoms. The van der Waals surface area contributed by atoms with E-state index in [9.17, 15) is 13.2 Å². The van der Waals surface area contributed by atoms with E-state index < -0.39 is 15.6 Å². The molecule has 2 N–H and O–H groups in total.